The molecule has 0 aliphatic carbocycles. The van der Waals surface area contributed by atoms with E-state index < -0.39 is 0 Å². The monoisotopic (exact) mass is 314 g/mol. The number of hydrogen-bond donors (Lipinski definition) is 1. The van der Waals surface area contributed by atoms with Gasteiger partial charge in [0.2, 0.25) is 0 Å². The van der Waals surface area contributed by atoms with Crippen LogP contribution in [0.15, 0.2) is 22.7 Å². The number of anilines is 1. The summed E-state index contributed by atoms with van der Waals surface area (Å²) in [6, 6.07) is 6.59. The molecule has 0 radical (unpaired) electrons. The second-order valence-corrected chi connectivity index (χ2v) is 5.48. The van der Waals surface area contributed by atoms with Crippen LogP contribution in [0.3, 0.4) is 0 Å². The molecule has 0 saturated heterocycles. The van der Waals surface area contributed by atoms with Crippen molar-refractivity contribution < 1.29 is 4.74 Å². The highest BCUT2D eigenvalue weighted by atomic mass is 79.9. The van der Waals surface area contributed by atoms with Crippen molar-refractivity contribution in [3.8, 4) is 0 Å². The molecular weight excluding hydrogens is 292 g/mol. The lowest BCUT2D eigenvalue weighted by atomic mass is 10.0. The lowest BCUT2D eigenvalue weighted by Gasteiger charge is -2.23. The molecule has 102 valence electrons. The number of hydrogen-bond acceptors (Lipinski definition) is 3. The van der Waals surface area contributed by atoms with Crippen LogP contribution in [0.25, 0.3) is 0 Å². The van der Waals surface area contributed by atoms with Crippen LogP contribution < -0.4 is 10.6 Å². The molecule has 4 heteroatoms. The molecule has 1 unspecified atom stereocenters. The standard InChI is InChI=1S/C14H23BrN2O/c1-4-13(16)9-11-5-6-12(15)10-14(11)17(2)7-8-18-3/h5-6,10,13H,4,7-9,16H2,1-3H3. The van der Waals surface area contributed by atoms with E-state index in [2.05, 4.69) is 53.0 Å². The van der Waals surface area contributed by atoms with Gasteiger partial charge in [-0.25, -0.2) is 0 Å². The van der Waals surface area contributed by atoms with Crippen LogP contribution in [-0.2, 0) is 11.2 Å². The molecule has 0 aromatic heterocycles. The quantitative estimate of drug-likeness (QED) is 0.841. The van der Waals surface area contributed by atoms with Crippen LogP contribution in [0, 0.1) is 0 Å². The zero-order valence-electron chi connectivity index (χ0n) is 11.4. The van der Waals surface area contributed by atoms with Gasteiger partial charge in [-0.3, -0.25) is 0 Å². The topological polar surface area (TPSA) is 38.5 Å². The first-order valence-corrected chi connectivity index (χ1v) is 7.11. The fourth-order valence-corrected chi connectivity index (χ4v) is 2.19. The summed E-state index contributed by atoms with van der Waals surface area (Å²) < 4.78 is 6.22. The molecule has 1 atom stereocenters. The first kappa shape index (κ1) is 15.5. The van der Waals surface area contributed by atoms with E-state index in [9.17, 15) is 0 Å². The Balaban J connectivity index is 2.88. The summed E-state index contributed by atoms with van der Waals surface area (Å²) >= 11 is 3.53. The van der Waals surface area contributed by atoms with Gasteiger partial charge in [0.15, 0.2) is 0 Å². The number of benzene rings is 1. The molecule has 0 spiro atoms. The van der Waals surface area contributed by atoms with Crippen molar-refractivity contribution in [2.24, 2.45) is 5.73 Å². The number of ether oxygens (including phenoxy) is 1. The molecule has 3 nitrogen and oxygen atoms in total. The van der Waals surface area contributed by atoms with Crippen molar-refractivity contribution in [3.63, 3.8) is 0 Å². The Morgan fingerprint density at radius 1 is 1.44 bits per heavy atom. The third kappa shape index (κ3) is 4.59. The van der Waals surface area contributed by atoms with Gasteiger partial charge < -0.3 is 15.4 Å². The number of nitrogens with zero attached hydrogens (tertiary/aromatic N) is 1. The van der Waals surface area contributed by atoms with Gasteiger partial charge in [-0.05, 0) is 30.5 Å². The molecule has 0 fully saturated rings. The normalized spacial score (nSPS) is 12.5. The van der Waals surface area contributed by atoms with E-state index in [1.165, 1.54) is 11.3 Å². The lowest BCUT2D eigenvalue weighted by molar-refractivity contribution is 0.206. The van der Waals surface area contributed by atoms with E-state index in [0.29, 0.717) is 0 Å². The lowest BCUT2D eigenvalue weighted by Crippen LogP contribution is -2.26. The second kappa shape index (κ2) is 7.77. The predicted octanol–water partition coefficient (Wildman–Crippen LogP) is 2.81. The molecule has 1 aromatic carbocycles. The maximum absolute atomic E-state index is 6.06. The summed E-state index contributed by atoms with van der Waals surface area (Å²) in [5.74, 6) is 0. The number of nitrogens with two attached hydrogens (primary N) is 1. The summed E-state index contributed by atoms with van der Waals surface area (Å²) in [4.78, 5) is 2.21. The predicted molar refractivity (Wildman–Crippen MR) is 81.3 cm³/mol. The fraction of sp³-hybridized carbons (Fsp3) is 0.571. The fourth-order valence-electron chi connectivity index (χ4n) is 1.84. The van der Waals surface area contributed by atoms with E-state index in [1.54, 1.807) is 7.11 Å². The van der Waals surface area contributed by atoms with Crippen LogP contribution in [0.2, 0.25) is 0 Å². The van der Waals surface area contributed by atoms with Crippen molar-refractivity contribution in [1.82, 2.24) is 0 Å². The van der Waals surface area contributed by atoms with Gasteiger partial charge in [0.1, 0.15) is 0 Å². The number of halogens is 1. The third-order valence-electron chi connectivity index (χ3n) is 3.10. The molecule has 0 heterocycles. The molecule has 0 saturated carbocycles. The maximum atomic E-state index is 6.06. The maximum Gasteiger partial charge on any atom is 0.0637 e. The minimum Gasteiger partial charge on any atom is -0.383 e. The van der Waals surface area contributed by atoms with Crippen molar-refractivity contribution in [2.75, 3.05) is 32.2 Å². The molecular formula is C14H23BrN2O. The van der Waals surface area contributed by atoms with Gasteiger partial charge in [0.25, 0.3) is 0 Å². The number of methoxy groups -OCH3 is 1. The van der Waals surface area contributed by atoms with Crippen LogP contribution in [-0.4, -0.2) is 33.4 Å². The Morgan fingerprint density at radius 2 is 2.17 bits per heavy atom. The summed E-state index contributed by atoms with van der Waals surface area (Å²) in [6.45, 7) is 3.72. The van der Waals surface area contributed by atoms with E-state index in [0.717, 1.165) is 30.5 Å². The van der Waals surface area contributed by atoms with E-state index in [-0.39, 0.29) is 6.04 Å². The average molecular weight is 315 g/mol. The summed E-state index contributed by atoms with van der Waals surface area (Å²) in [5.41, 5.74) is 8.58. The Hall–Kier alpha value is -0.580. The van der Waals surface area contributed by atoms with Gasteiger partial charge in [0, 0.05) is 36.9 Å². The third-order valence-corrected chi connectivity index (χ3v) is 3.59. The highest BCUT2D eigenvalue weighted by Crippen LogP contribution is 2.25. The Labute approximate surface area is 118 Å². The minimum atomic E-state index is 0.223. The van der Waals surface area contributed by atoms with Crippen LogP contribution in [0.1, 0.15) is 18.9 Å². The van der Waals surface area contributed by atoms with Crippen molar-refractivity contribution in [3.05, 3.63) is 28.2 Å². The molecule has 18 heavy (non-hydrogen) atoms. The molecule has 2 N–H and O–H groups in total. The Morgan fingerprint density at radius 3 is 2.78 bits per heavy atom. The van der Waals surface area contributed by atoms with Crippen LogP contribution >= 0.6 is 15.9 Å². The smallest absolute Gasteiger partial charge is 0.0637 e. The average Bonchev–Trinajstić information content (AvgIpc) is 2.37. The van der Waals surface area contributed by atoms with Gasteiger partial charge >= 0.3 is 0 Å². The van der Waals surface area contributed by atoms with Crippen LogP contribution in [0.5, 0.6) is 0 Å². The number of likely N-dealkylation sites (N-methyl/N-ethyl adjacent to an activating group) is 1. The van der Waals surface area contributed by atoms with Crippen molar-refractivity contribution in [1.29, 1.82) is 0 Å². The summed E-state index contributed by atoms with van der Waals surface area (Å²) in [6.07, 6.45) is 1.91. The summed E-state index contributed by atoms with van der Waals surface area (Å²) in [5, 5.41) is 0. The van der Waals surface area contributed by atoms with Crippen LogP contribution in [0.4, 0.5) is 5.69 Å². The van der Waals surface area contributed by atoms with Crippen molar-refractivity contribution >= 4 is 21.6 Å². The highest BCUT2D eigenvalue weighted by molar-refractivity contribution is 9.10. The highest BCUT2D eigenvalue weighted by Gasteiger charge is 2.10. The van der Waals surface area contributed by atoms with E-state index in [1.807, 2.05) is 0 Å². The van der Waals surface area contributed by atoms with Gasteiger partial charge in [-0.2, -0.15) is 0 Å². The first-order valence-electron chi connectivity index (χ1n) is 6.32. The first-order chi connectivity index (χ1) is 8.58. The molecule has 0 aliphatic heterocycles. The zero-order chi connectivity index (χ0) is 13.5. The molecule has 1 aromatic rings. The Bertz CT molecular complexity index is 371. The zero-order valence-corrected chi connectivity index (χ0v) is 13.0. The minimum absolute atomic E-state index is 0.223. The summed E-state index contributed by atoms with van der Waals surface area (Å²) in [7, 11) is 3.81. The molecule has 1 rings (SSSR count). The van der Waals surface area contributed by atoms with Gasteiger partial charge in [-0.1, -0.05) is 28.9 Å². The van der Waals surface area contributed by atoms with Gasteiger partial charge in [0.05, 0.1) is 6.61 Å². The van der Waals surface area contributed by atoms with Gasteiger partial charge in [-0.15, -0.1) is 0 Å². The Kier molecular flexibility index (Phi) is 6.68. The number of rotatable bonds is 7. The second-order valence-electron chi connectivity index (χ2n) is 4.56. The SMILES string of the molecule is CCC(N)Cc1ccc(Br)cc1N(C)CCOC. The molecule has 0 bridgehead atoms. The van der Waals surface area contributed by atoms with E-state index >= 15 is 0 Å². The van der Waals surface area contributed by atoms with Crippen molar-refractivity contribution in [2.45, 2.75) is 25.8 Å². The largest absolute Gasteiger partial charge is 0.383 e. The molecule has 0 amide bonds. The van der Waals surface area contributed by atoms with E-state index in [4.69, 9.17) is 10.5 Å². The molecule has 0 aliphatic rings.